The number of benzene rings is 1. The topological polar surface area (TPSA) is 70.6 Å². The van der Waals surface area contributed by atoms with Crippen LogP contribution in [0.1, 0.15) is 27.2 Å². The number of rotatable bonds is 6. The fraction of sp³-hybridized carbons (Fsp3) is 0.500. The molecule has 20 heavy (non-hydrogen) atoms. The Labute approximate surface area is 118 Å². The Balaban J connectivity index is 2.75. The van der Waals surface area contributed by atoms with E-state index in [1.807, 2.05) is 0 Å². The first kappa shape index (κ1) is 16.2. The Morgan fingerprint density at radius 3 is 2.75 bits per heavy atom. The molecule has 0 aliphatic rings. The summed E-state index contributed by atoms with van der Waals surface area (Å²) < 4.78 is 18.4. The summed E-state index contributed by atoms with van der Waals surface area (Å²) in [4.78, 5) is 11.9. The van der Waals surface area contributed by atoms with E-state index >= 15 is 0 Å². The van der Waals surface area contributed by atoms with Crippen molar-refractivity contribution < 1.29 is 19.0 Å². The van der Waals surface area contributed by atoms with Gasteiger partial charge in [-0.15, -0.1) is 0 Å². The van der Waals surface area contributed by atoms with Crippen LogP contribution in [0.15, 0.2) is 18.2 Å². The molecule has 0 radical (unpaired) electrons. The normalized spacial score (nSPS) is 11.1. The molecule has 5 nitrogen and oxygen atoms in total. The first-order valence-corrected chi connectivity index (χ1v) is 6.50. The van der Waals surface area contributed by atoms with E-state index in [2.05, 4.69) is 10.6 Å². The van der Waals surface area contributed by atoms with Gasteiger partial charge in [0, 0.05) is 18.2 Å². The van der Waals surface area contributed by atoms with Gasteiger partial charge < -0.3 is 20.5 Å². The molecule has 0 aliphatic heterocycles. The second-order valence-corrected chi connectivity index (χ2v) is 5.01. The highest BCUT2D eigenvalue weighted by molar-refractivity contribution is 5.91. The molecular formula is C14H21FN2O3. The van der Waals surface area contributed by atoms with Crippen LogP contribution < -0.4 is 15.4 Å². The first-order chi connectivity index (χ1) is 9.38. The number of amides is 2. The van der Waals surface area contributed by atoms with Crippen molar-refractivity contribution in [2.24, 2.45) is 0 Å². The molecule has 1 rings (SSSR count). The number of urea groups is 1. The van der Waals surface area contributed by atoms with Crippen LogP contribution in [0.25, 0.3) is 0 Å². The molecule has 3 N–H and O–H groups in total. The van der Waals surface area contributed by atoms with Crippen molar-refractivity contribution in [3.63, 3.8) is 0 Å². The second kappa shape index (κ2) is 7.09. The Hall–Kier alpha value is -1.82. The second-order valence-electron chi connectivity index (χ2n) is 5.01. The lowest BCUT2D eigenvalue weighted by molar-refractivity contribution is 0.218. The minimum atomic E-state index is -0.537. The van der Waals surface area contributed by atoms with Crippen LogP contribution >= 0.6 is 0 Å². The molecule has 0 bridgehead atoms. The number of hydrogen-bond acceptors (Lipinski definition) is 3. The molecule has 6 heteroatoms. The molecule has 2 amide bonds. The minimum Gasteiger partial charge on any atom is -0.492 e. The van der Waals surface area contributed by atoms with Gasteiger partial charge in [0.25, 0.3) is 0 Å². The Morgan fingerprint density at radius 1 is 1.45 bits per heavy atom. The predicted molar refractivity (Wildman–Crippen MR) is 75.5 cm³/mol. The molecule has 1 aromatic rings. The standard InChI is InChI=1S/C14H21FN2O3/c1-4-20-12-9-10(15)5-6-11(12)16-13(19)17-14(2,3)7-8-18/h5-6,9,18H,4,7-8H2,1-3H3,(H2,16,17,19). The SMILES string of the molecule is CCOc1cc(F)ccc1NC(=O)NC(C)(C)CCO. The van der Waals surface area contributed by atoms with E-state index in [0.29, 0.717) is 18.7 Å². The van der Waals surface area contributed by atoms with Crippen molar-refractivity contribution in [1.29, 1.82) is 0 Å². The summed E-state index contributed by atoms with van der Waals surface area (Å²) in [6.07, 6.45) is 0.433. The van der Waals surface area contributed by atoms with Crippen molar-refractivity contribution in [1.82, 2.24) is 5.32 Å². The maximum absolute atomic E-state index is 13.1. The number of ether oxygens (including phenoxy) is 1. The van der Waals surface area contributed by atoms with Crippen LogP contribution in [0.2, 0.25) is 0 Å². The van der Waals surface area contributed by atoms with E-state index in [1.165, 1.54) is 18.2 Å². The minimum absolute atomic E-state index is 0.0198. The molecule has 1 aromatic carbocycles. The summed E-state index contributed by atoms with van der Waals surface area (Å²) in [6, 6.07) is 3.48. The molecule has 0 spiro atoms. The molecule has 0 unspecified atom stereocenters. The smallest absolute Gasteiger partial charge is 0.319 e. The number of carbonyl (C=O) groups is 1. The molecule has 0 fully saturated rings. The maximum atomic E-state index is 13.1. The highest BCUT2D eigenvalue weighted by Crippen LogP contribution is 2.25. The van der Waals surface area contributed by atoms with Gasteiger partial charge in [-0.05, 0) is 39.3 Å². The Bertz CT molecular complexity index is 464. The fourth-order valence-electron chi connectivity index (χ4n) is 1.68. The van der Waals surface area contributed by atoms with Crippen LogP contribution in [0.5, 0.6) is 5.75 Å². The van der Waals surface area contributed by atoms with Gasteiger partial charge in [0.15, 0.2) is 0 Å². The summed E-state index contributed by atoms with van der Waals surface area (Å²) in [5.41, 5.74) is -0.143. The highest BCUT2D eigenvalue weighted by atomic mass is 19.1. The van der Waals surface area contributed by atoms with Gasteiger partial charge in [-0.25, -0.2) is 9.18 Å². The molecule has 0 aromatic heterocycles. The third-order valence-electron chi connectivity index (χ3n) is 2.68. The van der Waals surface area contributed by atoms with E-state index in [4.69, 9.17) is 9.84 Å². The first-order valence-electron chi connectivity index (χ1n) is 6.50. The van der Waals surface area contributed by atoms with Gasteiger partial charge in [0.2, 0.25) is 0 Å². The third kappa shape index (κ3) is 5.05. The number of nitrogens with one attached hydrogen (secondary N) is 2. The third-order valence-corrected chi connectivity index (χ3v) is 2.68. The zero-order valence-corrected chi connectivity index (χ0v) is 12.0. The Morgan fingerprint density at radius 2 is 2.15 bits per heavy atom. The van der Waals surface area contributed by atoms with E-state index in [-0.39, 0.29) is 12.4 Å². The molecule has 0 atom stereocenters. The lowest BCUT2D eigenvalue weighted by atomic mass is 10.0. The summed E-state index contributed by atoms with van der Waals surface area (Å²) >= 11 is 0. The summed E-state index contributed by atoms with van der Waals surface area (Å²) in [5.74, 6) is -0.150. The number of aliphatic hydroxyl groups is 1. The van der Waals surface area contributed by atoms with Crippen molar-refractivity contribution in [3.05, 3.63) is 24.0 Å². The van der Waals surface area contributed by atoms with Crippen molar-refractivity contribution in [2.75, 3.05) is 18.5 Å². The lowest BCUT2D eigenvalue weighted by Gasteiger charge is -2.25. The summed E-state index contributed by atoms with van der Waals surface area (Å²) in [6.45, 7) is 5.73. The van der Waals surface area contributed by atoms with E-state index < -0.39 is 17.4 Å². The predicted octanol–water partition coefficient (Wildman–Crippen LogP) is 2.51. The molecule has 0 saturated heterocycles. The van der Waals surface area contributed by atoms with Crippen LogP contribution in [-0.2, 0) is 0 Å². The average molecular weight is 284 g/mol. The van der Waals surface area contributed by atoms with Crippen molar-refractivity contribution in [2.45, 2.75) is 32.7 Å². The molecule has 0 saturated carbocycles. The number of aliphatic hydroxyl groups excluding tert-OH is 1. The molecule has 0 aliphatic carbocycles. The van der Waals surface area contributed by atoms with Gasteiger partial charge in [-0.1, -0.05) is 0 Å². The van der Waals surface area contributed by atoms with Crippen LogP contribution in [-0.4, -0.2) is 29.9 Å². The van der Waals surface area contributed by atoms with E-state index in [9.17, 15) is 9.18 Å². The lowest BCUT2D eigenvalue weighted by Crippen LogP contribution is -2.46. The largest absolute Gasteiger partial charge is 0.492 e. The number of hydrogen-bond donors (Lipinski definition) is 3. The summed E-state index contributed by atoms with van der Waals surface area (Å²) in [7, 11) is 0. The monoisotopic (exact) mass is 284 g/mol. The zero-order valence-electron chi connectivity index (χ0n) is 12.0. The van der Waals surface area contributed by atoms with Crippen LogP contribution in [0, 0.1) is 5.82 Å². The molecular weight excluding hydrogens is 263 g/mol. The zero-order chi connectivity index (χ0) is 15.2. The highest BCUT2D eigenvalue weighted by Gasteiger charge is 2.20. The summed E-state index contributed by atoms with van der Waals surface area (Å²) in [5, 5.41) is 14.3. The van der Waals surface area contributed by atoms with E-state index in [0.717, 1.165) is 0 Å². The van der Waals surface area contributed by atoms with Crippen molar-refractivity contribution in [3.8, 4) is 5.75 Å². The van der Waals surface area contributed by atoms with E-state index in [1.54, 1.807) is 20.8 Å². The average Bonchev–Trinajstić information content (AvgIpc) is 2.32. The molecule has 0 heterocycles. The van der Waals surface area contributed by atoms with Gasteiger partial charge in [-0.2, -0.15) is 0 Å². The molecule has 112 valence electrons. The number of anilines is 1. The number of halogens is 1. The Kier molecular flexibility index (Phi) is 5.76. The maximum Gasteiger partial charge on any atom is 0.319 e. The van der Waals surface area contributed by atoms with Gasteiger partial charge in [0.1, 0.15) is 11.6 Å². The van der Waals surface area contributed by atoms with Crippen molar-refractivity contribution >= 4 is 11.7 Å². The quantitative estimate of drug-likeness (QED) is 0.751. The van der Waals surface area contributed by atoms with Gasteiger partial charge in [-0.3, -0.25) is 0 Å². The van der Waals surface area contributed by atoms with Gasteiger partial charge in [0.05, 0.1) is 12.3 Å². The van der Waals surface area contributed by atoms with Crippen LogP contribution in [0.3, 0.4) is 0 Å². The van der Waals surface area contributed by atoms with Gasteiger partial charge >= 0.3 is 6.03 Å². The number of carbonyl (C=O) groups excluding carboxylic acids is 1. The fourth-order valence-corrected chi connectivity index (χ4v) is 1.68. The van der Waals surface area contributed by atoms with Crippen LogP contribution in [0.4, 0.5) is 14.9 Å².